The Morgan fingerprint density at radius 3 is 2.14 bits per heavy atom. The van der Waals surface area contributed by atoms with Crippen LogP contribution in [0.3, 0.4) is 0 Å². The van der Waals surface area contributed by atoms with Crippen molar-refractivity contribution < 1.29 is 13.2 Å². The number of aryl methyl sites for hydroxylation is 2. The lowest BCUT2D eigenvalue weighted by atomic mass is 10.2. The van der Waals surface area contributed by atoms with E-state index in [0.717, 1.165) is 15.4 Å². The lowest BCUT2D eigenvalue weighted by molar-refractivity contribution is -0.119. The summed E-state index contributed by atoms with van der Waals surface area (Å²) in [4.78, 5) is 16.8. The van der Waals surface area contributed by atoms with Crippen molar-refractivity contribution in [2.24, 2.45) is 0 Å². The first-order valence-corrected chi connectivity index (χ1v) is 10.6. The van der Waals surface area contributed by atoms with E-state index in [4.69, 9.17) is 0 Å². The van der Waals surface area contributed by atoms with Crippen molar-refractivity contribution in [1.82, 2.24) is 10.3 Å². The zero-order valence-corrected chi connectivity index (χ0v) is 17.2. The number of pyridine rings is 1. The molecule has 3 aromatic rings. The molecule has 150 valence electrons. The zero-order chi connectivity index (χ0) is 20.9. The largest absolute Gasteiger partial charge is 0.349 e. The third-order valence-corrected chi connectivity index (χ3v) is 6.20. The van der Waals surface area contributed by atoms with Crippen LogP contribution in [0.25, 0.3) is 0 Å². The van der Waals surface area contributed by atoms with E-state index in [2.05, 4.69) is 10.3 Å². The third kappa shape index (κ3) is 5.20. The maximum absolute atomic E-state index is 13.3. The monoisotopic (exact) mass is 409 g/mol. The minimum atomic E-state index is -3.90. The Morgan fingerprint density at radius 2 is 1.55 bits per heavy atom. The van der Waals surface area contributed by atoms with E-state index in [1.807, 2.05) is 32.0 Å². The average molecular weight is 410 g/mol. The predicted molar refractivity (Wildman–Crippen MR) is 113 cm³/mol. The number of sulfonamides is 1. The van der Waals surface area contributed by atoms with Crippen LogP contribution in [0.5, 0.6) is 0 Å². The van der Waals surface area contributed by atoms with Gasteiger partial charge in [-0.2, -0.15) is 0 Å². The van der Waals surface area contributed by atoms with Crippen molar-refractivity contribution in [2.45, 2.75) is 25.3 Å². The number of nitrogens with one attached hydrogen (secondary N) is 1. The summed E-state index contributed by atoms with van der Waals surface area (Å²) >= 11 is 0. The third-order valence-electron chi connectivity index (χ3n) is 4.41. The average Bonchev–Trinajstić information content (AvgIpc) is 2.72. The van der Waals surface area contributed by atoms with Gasteiger partial charge in [0.05, 0.1) is 22.8 Å². The highest BCUT2D eigenvalue weighted by molar-refractivity contribution is 7.92. The second-order valence-electron chi connectivity index (χ2n) is 6.76. The molecule has 0 aliphatic rings. The number of anilines is 1. The molecule has 1 N–H and O–H groups in total. The van der Waals surface area contributed by atoms with Crippen molar-refractivity contribution in [3.8, 4) is 0 Å². The summed E-state index contributed by atoms with van der Waals surface area (Å²) in [5.41, 5.74) is 3.09. The van der Waals surface area contributed by atoms with Gasteiger partial charge in [-0.05, 0) is 50.2 Å². The van der Waals surface area contributed by atoms with Crippen LogP contribution in [0.1, 0.15) is 16.8 Å². The number of amides is 1. The van der Waals surface area contributed by atoms with Gasteiger partial charge in [-0.3, -0.25) is 14.1 Å². The normalized spacial score (nSPS) is 11.1. The fourth-order valence-electron chi connectivity index (χ4n) is 2.74. The molecular formula is C22H23N3O3S. The van der Waals surface area contributed by atoms with Gasteiger partial charge in [0.25, 0.3) is 10.0 Å². The molecule has 0 unspecified atom stereocenters. The van der Waals surface area contributed by atoms with Gasteiger partial charge >= 0.3 is 0 Å². The Balaban J connectivity index is 1.86. The van der Waals surface area contributed by atoms with Crippen molar-refractivity contribution in [2.75, 3.05) is 10.8 Å². The molecule has 3 rings (SSSR count). The maximum atomic E-state index is 13.3. The number of hydrogen-bond acceptors (Lipinski definition) is 4. The number of carbonyl (C=O) groups excluding carboxylic acids is 1. The number of aromatic nitrogens is 1. The highest BCUT2D eigenvalue weighted by atomic mass is 32.2. The molecule has 7 heteroatoms. The quantitative estimate of drug-likeness (QED) is 0.650. The van der Waals surface area contributed by atoms with Gasteiger partial charge < -0.3 is 5.32 Å². The molecular weight excluding hydrogens is 386 g/mol. The Bertz CT molecular complexity index is 1060. The van der Waals surface area contributed by atoms with Crippen LogP contribution in [0, 0.1) is 13.8 Å². The van der Waals surface area contributed by atoms with Crippen LogP contribution in [-0.4, -0.2) is 25.9 Å². The molecule has 1 amide bonds. The first-order valence-electron chi connectivity index (χ1n) is 9.19. The van der Waals surface area contributed by atoms with E-state index in [1.54, 1.807) is 54.7 Å². The van der Waals surface area contributed by atoms with Gasteiger partial charge in [-0.15, -0.1) is 0 Å². The fraction of sp³-hybridized carbons (Fsp3) is 0.182. The maximum Gasteiger partial charge on any atom is 0.264 e. The minimum absolute atomic E-state index is 0.140. The summed E-state index contributed by atoms with van der Waals surface area (Å²) in [5.74, 6) is -0.410. The summed E-state index contributed by atoms with van der Waals surface area (Å²) in [6.45, 7) is 3.71. The van der Waals surface area contributed by atoms with Crippen molar-refractivity contribution in [3.05, 3.63) is 89.7 Å². The van der Waals surface area contributed by atoms with Gasteiger partial charge in [0.1, 0.15) is 6.54 Å². The standard InChI is InChI=1S/C22H23N3O3S/c1-17-6-10-20(11-7-17)25(29(27,28)21-12-8-18(2)9-13-21)16-22(26)24-15-19-5-3-4-14-23-19/h3-14H,15-16H2,1-2H3,(H,24,26). The first kappa shape index (κ1) is 20.5. The Labute approximate surface area is 171 Å². The molecule has 0 radical (unpaired) electrons. The Hall–Kier alpha value is -3.19. The summed E-state index contributed by atoms with van der Waals surface area (Å²) in [7, 11) is -3.90. The second-order valence-corrected chi connectivity index (χ2v) is 8.62. The van der Waals surface area contributed by atoms with Gasteiger partial charge in [0.15, 0.2) is 0 Å². The summed E-state index contributed by atoms with van der Waals surface area (Å²) in [6, 6.07) is 19.0. The zero-order valence-electron chi connectivity index (χ0n) is 16.4. The summed E-state index contributed by atoms with van der Waals surface area (Å²) < 4.78 is 27.7. The molecule has 0 aliphatic carbocycles. The molecule has 0 atom stereocenters. The van der Waals surface area contributed by atoms with Crippen LogP contribution >= 0.6 is 0 Å². The minimum Gasteiger partial charge on any atom is -0.349 e. The van der Waals surface area contributed by atoms with E-state index in [9.17, 15) is 13.2 Å². The van der Waals surface area contributed by atoms with E-state index >= 15 is 0 Å². The Morgan fingerprint density at radius 1 is 0.931 bits per heavy atom. The molecule has 6 nitrogen and oxygen atoms in total. The van der Waals surface area contributed by atoms with Gasteiger partial charge in [0, 0.05) is 6.20 Å². The van der Waals surface area contributed by atoms with Crippen molar-refractivity contribution in [3.63, 3.8) is 0 Å². The molecule has 1 aromatic heterocycles. The van der Waals surface area contributed by atoms with Crippen LogP contribution in [0.4, 0.5) is 5.69 Å². The van der Waals surface area contributed by atoms with E-state index in [0.29, 0.717) is 11.4 Å². The molecule has 0 bridgehead atoms. The van der Waals surface area contributed by atoms with E-state index in [1.165, 1.54) is 0 Å². The molecule has 0 saturated carbocycles. The van der Waals surface area contributed by atoms with Crippen LogP contribution in [0.2, 0.25) is 0 Å². The second kappa shape index (κ2) is 8.87. The highest BCUT2D eigenvalue weighted by Gasteiger charge is 2.27. The molecule has 0 saturated heterocycles. The number of benzene rings is 2. The smallest absolute Gasteiger partial charge is 0.264 e. The predicted octanol–water partition coefficient (Wildman–Crippen LogP) is 3.21. The van der Waals surface area contributed by atoms with Crippen LogP contribution < -0.4 is 9.62 Å². The summed E-state index contributed by atoms with van der Waals surface area (Å²) in [5, 5.41) is 2.74. The van der Waals surface area contributed by atoms with E-state index < -0.39 is 15.9 Å². The van der Waals surface area contributed by atoms with Gasteiger partial charge in [-0.25, -0.2) is 8.42 Å². The molecule has 1 heterocycles. The number of carbonyl (C=O) groups is 1. The van der Waals surface area contributed by atoms with Gasteiger partial charge in [-0.1, -0.05) is 41.5 Å². The number of rotatable bonds is 7. The highest BCUT2D eigenvalue weighted by Crippen LogP contribution is 2.24. The van der Waals surface area contributed by atoms with E-state index in [-0.39, 0.29) is 18.0 Å². The topological polar surface area (TPSA) is 79.4 Å². The SMILES string of the molecule is Cc1ccc(N(CC(=O)NCc2ccccn2)S(=O)(=O)c2ccc(C)cc2)cc1. The summed E-state index contributed by atoms with van der Waals surface area (Å²) in [6.07, 6.45) is 1.64. The van der Waals surface area contributed by atoms with Gasteiger partial charge in [0.2, 0.25) is 5.91 Å². The molecule has 29 heavy (non-hydrogen) atoms. The van der Waals surface area contributed by atoms with Crippen molar-refractivity contribution >= 4 is 21.6 Å². The molecule has 0 spiro atoms. The molecule has 0 aliphatic heterocycles. The lowest BCUT2D eigenvalue weighted by Crippen LogP contribution is -2.40. The molecule has 0 fully saturated rings. The van der Waals surface area contributed by atoms with Crippen LogP contribution in [0.15, 0.2) is 77.8 Å². The fourth-order valence-corrected chi connectivity index (χ4v) is 4.16. The molecule has 2 aromatic carbocycles. The van der Waals surface area contributed by atoms with Crippen LogP contribution in [-0.2, 0) is 21.4 Å². The van der Waals surface area contributed by atoms with Crippen molar-refractivity contribution in [1.29, 1.82) is 0 Å². The first-order chi connectivity index (χ1) is 13.9. The number of nitrogens with zero attached hydrogens (tertiary/aromatic N) is 2. The Kier molecular flexibility index (Phi) is 6.29. The lowest BCUT2D eigenvalue weighted by Gasteiger charge is -2.24. The number of hydrogen-bond donors (Lipinski definition) is 1.